The molecule has 174 valence electrons. The Morgan fingerprint density at radius 1 is 0.853 bits per heavy atom. The Labute approximate surface area is 197 Å². The number of carboxylic acid groups (broad SMARTS) is 1. The number of likely N-dealkylation sites (N-methyl/N-ethyl adjacent to an activating group) is 1. The zero-order valence-corrected chi connectivity index (χ0v) is 18.7. The number of esters is 1. The van der Waals surface area contributed by atoms with Gasteiger partial charge in [0.25, 0.3) is 0 Å². The minimum atomic E-state index is -1.40. The predicted octanol–water partition coefficient (Wildman–Crippen LogP) is 4.45. The fourth-order valence-corrected chi connectivity index (χ4v) is 4.17. The zero-order chi connectivity index (χ0) is 24.1. The summed E-state index contributed by atoms with van der Waals surface area (Å²) in [5.74, 6) is -2.17. The lowest BCUT2D eigenvalue weighted by atomic mass is 9.98. The Morgan fingerprint density at radius 2 is 1.41 bits per heavy atom. The average molecular weight is 459 g/mol. The van der Waals surface area contributed by atoms with Gasteiger partial charge in [0.05, 0.1) is 6.42 Å². The van der Waals surface area contributed by atoms with E-state index in [9.17, 15) is 19.5 Å². The van der Waals surface area contributed by atoms with E-state index in [-0.39, 0.29) is 19.1 Å². The van der Waals surface area contributed by atoms with Crippen LogP contribution in [-0.4, -0.2) is 47.7 Å². The Bertz CT molecular complexity index is 1150. The van der Waals surface area contributed by atoms with Gasteiger partial charge in [-0.3, -0.25) is 9.69 Å². The third-order valence-corrected chi connectivity index (χ3v) is 5.98. The van der Waals surface area contributed by atoms with Crippen LogP contribution in [-0.2, 0) is 25.7 Å². The van der Waals surface area contributed by atoms with Crippen LogP contribution in [0.5, 0.6) is 0 Å². The van der Waals surface area contributed by atoms with Crippen molar-refractivity contribution in [3.05, 3.63) is 95.6 Å². The van der Waals surface area contributed by atoms with Gasteiger partial charge in [0.15, 0.2) is 0 Å². The fraction of sp³-hybridized carbons (Fsp3) is 0.222. The molecule has 0 fully saturated rings. The number of ether oxygens (including phenoxy) is 2. The molecular weight excluding hydrogens is 434 g/mol. The second-order valence-electron chi connectivity index (χ2n) is 8.12. The maximum absolute atomic E-state index is 12.7. The highest BCUT2D eigenvalue weighted by molar-refractivity contribution is 5.85. The number of amides is 1. The van der Waals surface area contributed by atoms with Crippen molar-refractivity contribution in [1.29, 1.82) is 0 Å². The molecule has 1 N–H and O–H groups in total. The minimum absolute atomic E-state index is 0.0284. The van der Waals surface area contributed by atoms with E-state index in [1.165, 1.54) is 7.05 Å². The molecule has 1 atom stereocenters. The summed E-state index contributed by atoms with van der Waals surface area (Å²) >= 11 is 0. The lowest BCUT2D eigenvalue weighted by Gasteiger charge is -2.24. The molecule has 3 aromatic rings. The van der Waals surface area contributed by atoms with E-state index < -0.39 is 30.5 Å². The molecule has 0 saturated heterocycles. The number of benzene rings is 3. The number of nitrogens with zero attached hydrogens (tertiary/aromatic N) is 1. The number of fused-ring (bicyclic) bond motifs is 3. The quantitative estimate of drug-likeness (QED) is 0.500. The van der Waals surface area contributed by atoms with Gasteiger partial charge in [-0.05, 0) is 27.8 Å². The third-order valence-electron chi connectivity index (χ3n) is 5.98. The van der Waals surface area contributed by atoms with Crippen LogP contribution in [0.3, 0.4) is 0 Å². The van der Waals surface area contributed by atoms with E-state index in [1.807, 2.05) is 66.7 Å². The highest BCUT2D eigenvalue weighted by Gasteiger charge is 2.33. The van der Waals surface area contributed by atoms with Gasteiger partial charge in [-0.25, -0.2) is 9.59 Å². The largest absolute Gasteiger partial charge is 0.480 e. The SMILES string of the molecule is CN(C(=O)OCC1c2ccccc2-c2ccccc21)[C@H](CC(=O)OCc1ccccc1)C(=O)O. The number of hydrogen-bond donors (Lipinski definition) is 1. The van der Waals surface area contributed by atoms with Gasteiger partial charge in [0.2, 0.25) is 0 Å². The number of carbonyl (C=O) groups excluding carboxylic acids is 2. The lowest BCUT2D eigenvalue weighted by Crippen LogP contribution is -2.44. The molecule has 4 rings (SSSR count). The van der Waals surface area contributed by atoms with Gasteiger partial charge < -0.3 is 14.6 Å². The molecule has 3 aromatic carbocycles. The van der Waals surface area contributed by atoms with Crippen LogP contribution in [0.25, 0.3) is 11.1 Å². The molecule has 0 bridgehead atoms. The van der Waals surface area contributed by atoms with Crippen molar-refractivity contribution in [1.82, 2.24) is 4.90 Å². The first-order valence-electron chi connectivity index (χ1n) is 11.0. The lowest BCUT2D eigenvalue weighted by molar-refractivity contribution is -0.152. The number of rotatable bonds is 8. The van der Waals surface area contributed by atoms with Crippen LogP contribution in [0.2, 0.25) is 0 Å². The molecule has 0 heterocycles. The first-order chi connectivity index (χ1) is 16.5. The Balaban J connectivity index is 1.38. The zero-order valence-electron chi connectivity index (χ0n) is 18.7. The van der Waals surface area contributed by atoms with E-state index in [0.29, 0.717) is 0 Å². The van der Waals surface area contributed by atoms with Crippen LogP contribution in [0, 0.1) is 0 Å². The van der Waals surface area contributed by atoms with Gasteiger partial charge >= 0.3 is 18.0 Å². The Morgan fingerprint density at radius 3 is 2.00 bits per heavy atom. The van der Waals surface area contributed by atoms with E-state index >= 15 is 0 Å². The summed E-state index contributed by atoms with van der Waals surface area (Å²) in [5.41, 5.74) is 5.08. The van der Waals surface area contributed by atoms with Crippen molar-refractivity contribution in [3.8, 4) is 11.1 Å². The summed E-state index contributed by atoms with van der Waals surface area (Å²) in [6.45, 7) is 0.0860. The van der Waals surface area contributed by atoms with E-state index in [2.05, 4.69) is 0 Å². The van der Waals surface area contributed by atoms with Crippen molar-refractivity contribution in [3.63, 3.8) is 0 Å². The van der Waals surface area contributed by atoms with Gasteiger partial charge in [-0.1, -0.05) is 78.9 Å². The first-order valence-corrected chi connectivity index (χ1v) is 11.0. The summed E-state index contributed by atoms with van der Waals surface area (Å²) in [7, 11) is 1.31. The summed E-state index contributed by atoms with van der Waals surface area (Å²) in [5, 5.41) is 9.61. The van der Waals surface area contributed by atoms with Crippen LogP contribution in [0.4, 0.5) is 4.79 Å². The molecular formula is C27H25NO6. The predicted molar refractivity (Wildman–Crippen MR) is 125 cm³/mol. The number of aliphatic carboxylic acids is 1. The molecule has 0 spiro atoms. The molecule has 1 aliphatic carbocycles. The van der Waals surface area contributed by atoms with E-state index in [4.69, 9.17) is 9.47 Å². The molecule has 1 amide bonds. The van der Waals surface area contributed by atoms with Crippen molar-refractivity contribution < 1.29 is 29.0 Å². The molecule has 7 heteroatoms. The van der Waals surface area contributed by atoms with Crippen LogP contribution in [0.1, 0.15) is 29.0 Å². The first kappa shape index (κ1) is 23.0. The summed E-state index contributed by atoms with van der Waals surface area (Å²) in [6, 6.07) is 23.5. The van der Waals surface area contributed by atoms with Crippen molar-refractivity contribution in [2.75, 3.05) is 13.7 Å². The van der Waals surface area contributed by atoms with E-state index in [0.717, 1.165) is 32.7 Å². The van der Waals surface area contributed by atoms with Crippen molar-refractivity contribution >= 4 is 18.0 Å². The van der Waals surface area contributed by atoms with Crippen LogP contribution >= 0.6 is 0 Å². The smallest absolute Gasteiger partial charge is 0.410 e. The van der Waals surface area contributed by atoms with Crippen LogP contribution < -0.4 is 0 Å². The molecule has 0 aliphatic heterocycles. The normalized spacial score (nSPS) is 12.9. The number of hydrogen-bond acceptors (Lipinski definition) is 5. The molecule has 0 aromatic heterocycles. The van der Waals surface area contributed by atoms with Crippen molar-refractivity contribution in [2.24, 2.45) is 0 Å². The second kappa shape index (κ2) is 10.2. The second-order valence-corrected chi connectivity index (χ2v) is 8.12. The maximum Gasteiger partial charge on any atom is 0.410 e. The number of carbonyl (C=O) groups is 3. The maximum atomic E-state index is 12.7. The summed E-state index contributed by atoms with van der Waals surface area (Å²) < 4.78 is 10.7. The molecule has 0 unspecified atom stereocenters. The average Bonchev–Trinajstić information content (AvgIpc) is 3.18. The van der Waals surface area contributed by atoms with Gasteiger partial charge in [-0.2, -0.15) is 0 Å². The highest BCUT2D eigenvalue weighted by atomic mass is 16.6. The topological polar surface area (TPSA) is 93.1 Å². The summed E-state index contributed by atoms with van der Waals surface area (Å²) in [6.07, 6.45) is -1.30. The molecule has 0 radical (unpaired) electrons. The standard InChI is InChI=1S/C27H25NO6/c1-28(24(26(30)31)15-25(29)33-16-18-9-3-2-4-10-18)27(32)34-17-23-21-13-7-5-11-19(21)20-12-6-8-14-22(20)23/h2-14,23-24H,15-17H2,1H3,(H,30,31)/t24-/m1/s1. The highest BCUT2D eigenvalue weighted by Crippen LogP contribution is 2.44. The molecule has 34 heavy (non-hydrogen) atoms. The summed E-state index contributed by atoms with van der Waals surface area (Å²) in [4.78, 5) is 37.7. The Kier molecular flexibility index (Phi) is 6.92. The fourth-order valence-electron chi connectivity index (χ4n) is 4.17. The third kappa shape index (κ3) is 4.93. The van der Waals surface area contributed by atoms with E-state index in [1.54, 1.807) is 12.1 Å². The molecule has 1 aliphatic rings. The van der Waals surface area contributed by atoms with Gasteiger partial charge in [0, 0.05) is 13.0 Å². The molecule has 7 nitrogen and oxygen atoms in total. The van der Waals surface area contributed by atoms with Crippen LogP contribution in [0.15, 0.2) is 78.9 Å². The van der Waals surface area contributed by atoms with Gasteiger partial charge in [-0.15, -0.1) is 0 Å². The monoisotopic (exact) mass is 459 g/mol. The van der Waals surface area contributed by atoms with Gasteiger partial charge in [0.1, 0.15) is 19.3 Å². The minimum Gasteiger partial charge on any atom is -0.480 e. The number of carboxylic acids is 1. The van der Waals surface area contributed by atoms with Crippen molar-refractivity contribution in [2.45, 2.75) is 25.0 Å². The Hall–Kier alpha value is -4.13. The molecule has 0 saturated carbocycles.